The van der Waals surface area contributed by atoms with Crippen molar-refractivity contribution in [2.45, 2.75) is 19.3 Å². The summed E-state index contributed by atoms with van der Waals surface area (Å²) < 4.78 is 1.04. The van der Waals surface area contributed by atoms with E-state index in [4.69, 9.17) is 0 Å². The predicted molar refractivity (Wildman–Crippen MR) is 63.5 cm³/mol. The number of halogens is 1. The first-order valence-electron chi connectivity index (χ1n) is 4.81. The van der Waals surface area contributed by atoms with Crippen LogP contribution in [-0.2, 0) is 0 Å². The van der Waals surface area contributed by atoms with Gasteiger partial charge in [0.1, 0.15) is 0 Å². The quantitative estimate of drug-likeness (QED) is 0.771. The predicted octanol–water partition coefficient (Wildman–Crippen LogP) is 3.31. The van der Waals surface area contributed by atoms with E-state index in [1.807, 2.05) is 0 Å². The van der Waals surface area contributed by atoms with Gasteiger partial charge in [-0.2, -0.15) is 0 Å². The zero-order valence-electron chi connectivity index (χ0n) is 7.83. The number of aldehydes is 1. The van der Waals surface area contributed by atoms with Crippen molar-refractivity contribution >= 4 is 39.2 Å². The van der Waals surface area contributed by atoms with E-state index in [1.54, 1.807) is 0 Å². The van der Waals surface area contributed by atoms with Gasteiger partial charge >= 0.3 is 0 Å². The number of piperidine rings is 1. The molecule has 0 unspecified atom stereocenters. The number of hydrogen-bond donors (Lipinski definition) is 0. The van der Waals surface area contributed by atoms with Crippen LogP contribution in [0, 0.1) is 0 Å². The molecule has 0 radical (unpaired) electrons. The van der Waals surface area contributed by atoms with E-state index >= 15 is 0 Å². The molecular weight excluding hydrogens is 262 g/mol. The highest BCUT2D eigenvalue weighted by molar-refractivity contribution is 9.11. The number of carbonyl (C=O) groups is 1. The summed E-state index contributed by atoms with van der Waals surface area (Å²) in [5, 5.41) is 0. The smallest absolute Gasteiger partial charge is 0.162 e. The fourth-order valence-electron chi connectivity index (χ4n) is 1.83. The summed E-state index contributed by atoms with van der Waals surface area (Å²) in [4.78, 5) is 14.0. The van der Waals surface area contributed by atoms with Crippen LogP contribution in [0.15, 0.2) is 9.85 Å². The Balaban J connectivity index is 2.24. The zero-order chi connectivity index (χ0) is 9.97. The average Bonchev–Trinajstić information content (AvgIpc) is 2.61. The third-order valence-corrected chi connectivity index (χ3v) is 4.07. The monoisotopic (exact) mass is 273 g/mol. The molecule has 2 rings (SSSR count). The molecule has 1 fully saturated rings. The second-order valence-electron chi connectivity index (χ2n) is 3.47. The first kappa shape index (κ1) is 10.2. The SMILES string of the molecule is O=Cc1sc(Br)cc1N1CCCCC1. The third kappa shape index (κ3) is 2.01. The Morgan fingerprint density at radius 3 is 2.71 bits per heavy atom. The minimum atomic E-state index is 0.846. The molecule has 4 heteroatoms. The van der Waals surface area contributed by atoms with E-state index in [9.17, 15) is 4.79 Å². The van der Waals surface area contributed by atoms with Gasteiger partial charge in [0.15, 0.2) is 6.29 Å². The van der Waals surface area contributed by atoms with Crippen molar-refractivity contribution in [1.29, 1.82) is 0 Å². The zero-order valence-corrected chi connectivity index (χ0v) is 10.2. The number of anilines is 1. The third-order valence-electron chi connectivity index (χ3n) is 2.51. The maximum absolute atomic E-state index is 10.8. The maximum Gasteiger partial charge on any atom is 0.162 e. The first-order valence-corrected chi connectivity index (χ1v) is 6.41. The molecule has 0 bridgehead atoms. The Hall–Kier alpha value is -0.350. The molecule has 76 valence electrons. The molecule has 0 amide bonds. The molecule has 1 aromatic heterocycles. The highest BCUT2D eigenvalue weighted by Crippen LogP contribution is 2.33. The number of rotatable bonds is 2. The van der Waals surface area contributed by atoms with Crippen LogP contribution < -0.4 is 4.90 Å². The van der Waals surface area contributed by atoms with E-state index < -0.39 is 0 Å². The van der Waals surface area contributed by atoms with Gasteiger partial charge in [-0.15, -0.1) is 11.3 Å². The van der Waals surface area contributed by atoms with E-state index in [0.29, 0.717) is 0 Å². The van der Waals surface area contributed by atoms with Gasteiger partial charge in [-0.05, 0) is 41.3 Å². The van der Waals surface area contributed by atoms with Gasteiger partial charge in [0.25, 0.3) is 0 Å². The van der Waals surface area contributed by atoms with Crippen LogP contribution in [0.5, 0.6) is 0 Å². The summed E-state index contributed by atoms with van der Waals surface area (Å²) >= 11 is 4.94. The van der Waals surface area contributed by atoms with Gasteiger partial charge in [0.05, 0.1) is 14.4 Å². The molecule has 0 spiro atoms. The minimum absolute atomic E-state index is 0.846. The Morgan fingerprint density at radius 2 is 2.07 bits per heavy atom. The van der Waals surface area contributed by atoms with Crippen molar-refractivity contribution in [3.8, 4) is 0 Å². The lowest BCUT2D eigenvalue weighted by Gasteiger charge is -2.28. The van der Waals surface area contributed by atoms with Gasteiger partial charge in [-0.25, -0.2) is 0 Å². The minimum Gasteiger partial charge on any atom is -0.370 e. The lowest BCUT2D eigenvalue weighted by molar-refractivity contribution is 0.112. The summed E-state index contributed by atoms with van der Waals surface area (Å²) in [6.45, 7) is 2.17. The Kier molecular flexibility index (Phi) is 3.23. The van der Waals surface area contributed by atoms with E-state index in [1.165, 1.54) is 30.6 Å². The molecule has 0 aromatic carbocycles. The summed E-state index contributed by atoms with van der Waals surface area (Å²) in [5.74, 6) is 0. The lowest BCUT2D eigenvalue weighted by Crippen LogP contribution is -2.29. The van der Waals surface area contributed by atoms with E-state index in [-0.39, 0.29) is 0 Å². The van der Waals surface area contributed by atoms with Crippen LogP contribution in [0.4, 0.5) is 5.69 Å². The summed E-state index contributed by atoms with van der Waals surface area (Å²) in [7, 11) is 0. The number of nitrogens with zero attached hydrogens (tertiary/aromatic N) is 1. The molecule has 1 aromatic rings. The fraction of sp³-hybridized carbons (Fsp3) is 0.500. The van der Waals surface area contributed by atoms with Crippen LogP contribution >= 0.6 is 27.3 Å². The molecule has 2 nitrogen and oxygen atoms in total. The highest BCUT2D eigenvalue weighted by Gasteiger charge is 2.16. The van der Waals surface area contributed by atoms with Gasteiger partial charge in [0, 0.05) is 13.1 Å². The second kappa shape index (κ2) is 4.45. The molecule has 1 aliphatic rings. The number of carbonyl (C=O) groups excluding carboxylic acids is 1. The van der Waals surface area contributed by atoms with Gasteiger partial charge < -0.3 is 4.90 Å². The van der Waals surface area contributed by atoms with Crippen LogP contribution in [0.25, 0.3) is 0 Å². The standard InChI is InChI=1S/C10H12BrNOS/c11-10-6-8(9(7-13)14-10)12-4-2-1-3-5-12/h6-7H,1-5H2. The van der Waals surface area contributed by atoms with Gasteiger partial charge in [0.2, 0.25) is 0 Å². The van der Waals surface area contributed by atoms with Crippen LogP contribution in [0.3, 0.4) is 0 Å². The molecule has 1 saturated heterocycles. The van der Waals surface area contributed by atoms with Gasteiger partial charge in [-0.1, -0.05) is 0 Å². The largest absolute Gasteiger partial charge is 0.370 e. The molecule has 1 aliphatic heterocycles. The molecule has 14 heavy (non-hydrogen) atoms. The van der Waals surface area contributed by atoms with Gasteiger partial charge in [-0.3, -0.25) is 4.79 Å². The average molecular weight is 274 g/mol. The van der Waals surface area contributed by atoms with Crippen molar-refractivity contribution in [3.05, 3.63) is 14.7 Å². The van der Waals surface area contributed by atoms with Crippen molar-refractivity contribution < 1.29 is 4.79 Å². The molecule has 0 atom stereocenters. The Labute approximate surface area is 96.0 Å². The molecular formula is C10H12BrNOS. The lowest BCUT2D eigenvalue weighted by atomic mass is 10.1. The molecule has 2 heterocycles. The second-order valence-corrected chi connectivity index (χ2v) is 5.93. The van der Waals surface area contributed by atoms with E-state index in [0.717, 1.165) is 33.7 Å². The van der Waals surface area contributed by atoms with Crippen LogP contribution in [-0.4, -0.2) is 19.4 Å². The van der Waals surface area contributed by atoms with Crippen molar-refractivity contribution in [2.24, 2.45) is 0 Å². The first-order chi connectivity index (χ1) is 6.81. The van der Waals surface area contributed by atoms with E-state index in [2.05, 4.69) is 26.9 Å². The van der Waals surface area contributed by atoms with Crippen molar-refractivity contribution in [3.63, 3.8) is 0 Å². The fourth-order valence-corrected chi connectivity index (χ4v) is 3.29. The number of thiophene rings is 1. The van der Waals surface area contributed by atoms with Crippen molar-refractivity contribution in [2.75, 3.05) is 18.0 Å². The van der Waals surface area contributed by atoms with Crippen LogP contribution in [0.2, 0.25) is 0 Å². The normalized spacial score (nSPS) is 17.1. The molecule has 0 N–H and O–H groups in total. The van der Waals surface area contributed by atoms with Crippen molar-refractivity contribution in [1.82, 2.24) is 0 Å². The Bertz CT molecular complexity index is 331. The highest BCUT2D eigenvalue weighted by atomic mass is 79.9. The summed E-state index contributed by atoms with van der Waals surface area (Å²) in [6.07, 6.45) is 4.76. The van der Waals surface area contributed by atoms with Crippen LogP contribution in [0.1, 0.15) is 28.9 Å². The molecule has 0 saturated carbocycles. The maximum atomic E-state index is 10.8. The number of hydrogen-bond acceptors (Lipinski definition) is 3. The topological polar surface area (TPSA) is 20.3 Å². The Morgan fingerprint density at radius 1 is 1.36 bits per heavy atom. The summed E-state index contributed by atoms with van der Waals surface area (Å²) in [6, 6.07) is 2.06. The molecule has 0 aliphatic carbocycles. The summed E-state index contributed by atoms with van der Waals surface area (Å²) in [5.41, 5.74) is 1.11.